The Morgan fingerprint density at radius 3 is 2.05 bits per heavy atom. The minimum absolute atomic E-state index is 0.0722. The number of aliphatic carboxylic acids is 1. The number of phenols is 1. The van der Waals surface area contributed by atoms with Crippen LogP contribution in [0.1, 0.15) is 31.4 Å². The largest absolute Gasteiger partial charge is 0.508 e. The number of carboxylic acid groups (broad SMARTS) is 1. The number of rotatable bonds is 17. The Morgan fingerprint density at radius 2 is 1.45 bits per heavy atom. The molecule has 0 bridgehead atoms. The molecule has 13 nitrogen and oxygen atoms in total. The van der Waals surface area contributed by atoms with Gasteiger partial charge in [-0.15, -0.1) is 0 Å². The minimum Gasteiger partial charge on any atom is -0.508 e. The maximum atomic E-state index is 12.9. The van der Waals surface area contributed by atoms with Gasteiger partial charge in [-0.2, -0.15) is 0 Å². The van der Waals surface area contributed by atoms with Gasteiger partial charge in [0.05, 0.1) is 24.9 Å². The summed E-state index contributed by atoms with van der Waals surface area (Å²) in [5, 5.41) is 26.1. The molecule has 2 aromatic carbocycles. The van der Waals surface area contributed by atoms with Crippen molar-refractivity contribution in [3.8, 4) is 5.75 Å². The molecular weight excluding hydrogens is 566 g/mol. The summed E-state index contributed by atoms with van der Waals surface area (Å²) in [4.78, 5) is 48.6. The van der Waals surface area contributed by atoms with Crippen LogP contribution in [-0.2, 0) is 42.0 Å². The molecule has 3 atom stereocenters. The van der Waals surface area contributed by atoms with E-state index in [2.05, 4.69) is 20.7 Å². The molecule has 230 valence electrons. The van der Waals surface area contributed by atoms with Crippen LogP contribution in [0.15, 0.2) is 54.6 Å². The van der Waals surface area contributed by atoms with E-state index in [0.717, 1.165) is 11.1 Å². The number of aromatic hydroxyl groups is 1. The number of hydrogen-bond acceptors (Lipinski definition) is 8. The Hall–Kier alpha value is -4.01. The van der Waals surface area contributed by atoms with E-state index in [9.17, 15) is 37.8 Å². The van der Waals surface area contributed by atoms with Crippen LogP contribution in [0.2, 0.25) is 0 Å². The fourth-order valence-corrected chi connectivity index (χ4v) is 5.51. The van der Waals surface area contributed by atoms with Crippen molar-refractivity contribution in [2.24, 2.45) is 11.7 Å². The summed E-state index contributed by atoms with van der Waals surface area (Å²) in [5.74, 6) is -3.80. The molecule has 42 heavy (non-hydrogen) atoms. The Kier molecular flexibility index (Phi) is 13.4. The molecule has 0 fully saturated rings. The normalized spacial score (nSPS) is 13.5. The van der Waals surface area contributed by atoms with E-state index in [4.69, 9.17) is 5.73 Å². The highest BCUT2D eigenvalue weighted by atomic mass is 32.2. The lowest BCUT2D eigenvalue weighted by molar-refractivity contribution is -0.139. The number of carboxylic acids is 1. The number of benzene rings is 2. The lowest BCUT2D eigenvalue weighted by atomic mass is 10.1. The molecule has 0 saturated heterocycles. The fraction of sp³-hybridized carbons (Fsp3) is 0.429. The van der Waals surface area contributed by atoms with Gasteiger partial charge < -0.3 is 31.9 Å². The molecule has 0 unspecified atom stereocenters. The van der Waals surface area contributed by atoms with E-state index in [1.54, 1.807) is 56.3 Å². The first-order chi connectivity index (χ1) is 19.7. The second-order valence-electron chi connectivity index (χ2n) is 10.3. The summed E-state index contributed by atoms with van der Waals surface area (Å²) in [6.07, 6.45) is 0.411. The van der Waals surface area contributed by atoms with Crippen molar-refractivity contribution in [3.05, 3.63) is 65.7 Å². The topological polar surface area (TPSA) is 217 Å². The van der Waals surface area contributed by atoms with Crippen LogP contribution in [0, 0.1) is 5.92 Å². The van der Waals surface area contributed by atoms with Crippen molar-refractivity contribution in [2.45, 2.75) is 51.2 Å². The van der Waals surface area contributed by atoms with Crippen LogP contribution in [-0.4, -0.2) is 79.3 Å². The van der Waals surface area contributed by atoms with Crippen LogP contribution in [0.3, 0.4) is 0 Å². The number of amides is 3. The molecule has 3 amide bonds. The van der Waals surface area contributed by atoms with Gasteiger partial charge >= 0.3 is 5.97 Å². The van der Waals surface area contributed by atoms with Gasteiger partial charge in [0.25, 0.3) is 0 Å². The van der Waals surface area contributed by atoms with Gasteiger partial charge in [0.15, 0.2) is 0 Å². The summed E-state index contributed by atoms with van der Waals surface area (Å²) in [6, 6.07) is 11.8. The fourth-order valence-electron chi connectivity index (χ4n) is 4.05. The van der Waals surface area contributed by atoms with Gasteiger partial charge in [0.1, 0.15) is 11.8 Å². The highest BCUT2D eigenvalue weighted by Gasteiger charge is 2.28. The number of phenolic OH excluding ortho intramolecular Hbond substituents is 1. The monoisotopic (exact) mass is 605 g/mol. The SMILES string of the molecule is CC(C)C[C@H](NS(=O)(=O)C[C@H](Cc1ccccc1)NC(=O)CNC(=O)CNC(=O)[C@@H](N)Cc1ccc(O)cc1)C(=O)O. The summed E-state index contributed by atoms with van der Waals surface area (Å²) >= 11 is 0. The lowest BCUT2D eigenvalue weighted by Crippen LogP contribution is -2.51. The van der Waals surface area contributed by atoms with Crippen molar-refractivity contribution < 1.29 is 37.8 Å². The van der Waals surface area contributed by atoms with Crippen molar-refractivity contribution in [1.82, 2.24) is 20.7 Å². The number of nitrogens with two attached hydrogens (primary N) is 1. The second kappa shape index (κ2) is 16.4. The number of carbonyl (C=O) groups excluding carboxylic acids is 3. The molecule has 8 N–H and O–H groups in total. The summed E-state index contributed by atoms with van der Waals surface area (Å²) in [6.45, 7) is 2.62. The third kappa shape index (κ3) is 13.1. The van der Waals surface area contributed by atoms with E-state index in [-0.39, 0.29) is 30.9 Å². The molecule has 0 heterocycles. The van der Waals surface area contributed by atoms with Gasteiger partial charge in [0, 0.05) is 6.04 Å². The van der Waals surface area contributed by atoms with Gasteiger partial charge in [-0.05, 0) is 48.4 Å². The summed E-state index contributed by atoms with van der Waals surface area (Å²) in [5.41, 5.74) is 7.34. The first-order valence-corrected chi connectivity index (χ1v) is 15.0. The zero-order valence-electron chi connectivity index (χ0n) is 23.6. The average Bonchev–Trinajstić information content (AvgIpc) is 2.91. The van der Waals surface area contributed by atoms with Crippen molar-refractivity contribution >= 4 is 33.7 Å². The molecular formula is C28H39N5O8S. The van der Waals surface area contributed by atoms with E-state index in [1.165, 1.54) is 12.1 Å². The van der Waals surface area contributed by atoms with Gasteiger partial charge in [-0.1, -0.05) is 56.3 Å². The quantitative estimate of drug-likeness (QED) is 0.125. The molecule has 0 saturated carbocycles. The lowest BCUT2D eigenvalue weighted by Gasteiger charge is -2.22. The second-order valence-corrected chi connectivity index (χ2v) is 12.1. The Balaban J connectivity index is 1.91. The predicted molar refractivity (Wildman–Crippen MR) is 156 cm³/mol. The smallest absolute Gasteiger partial charge is 0.321 e. The van der Waals surface area contributed by atoms with Crippen LogP contribution < -0.4 is 26.4 Å². The number of nitrogens with one attached hydrogen (secondary N) is 4. The first-order valence-electron chi connectivity index (χ1n) is 13.4. The molecule has 14 heteroatoms. The molecule has 0 spiro atoms. The Labute approximate surface area is 245 Å². The predicted octanol–water partition coefficient (Wildman–Crippen LogP) is -0.359. The maximum Gasteiger partial charge on any atom is 0.321 e. The Morgan fingerprint density at radius 1 is 0.857 bits per heavy atom. The zero-order valence-corrected chi connectivity index (χ0v) is 24.4. The number of carbonyl (C=O) groups is 4. The van der Waals surface area contributed by atoms with Gasteiger partial charge in [-0.25, -0.2) is 13.1 Å². The van der Waals surface area contributed by atoms with Gasteiger partial charge in [0.2, 0.25) is 27.7 Å². The molecule has 2 rings (SSSR count). The molecule has 0 aliphatic carbocycles. The maximum absolute atomic E-state index is 12.9. The first kappa shape index (κ1) is 34.2. The zero-order chi connectivity index (χ0) is 31.3. The van der Waals surface area contributed by atoms with Crippen molar-refractivity contribution in [3.63, 3.8) is 0 Å². The van der Waals surface area contributed by atoms with Crippen LogP contribution in [0.4, 0.5) is 0 Å². The van der Waals surface area contributed by atoms with Crippen molar-refractivity contribution in [1.29, 1.82) is 0 Å². The number of sulfonamides is 1. The van der Waals surface area contributed by atoms with Crippen LogP contribution in [0.5, 0.6) is 5.75 Å². The summed E-state index contributed by atoms with van der Waals surface area (Å²) in [7, 11) is -4.12. The molecule has 0 aliphatic rings. The third-order valence-electron chi connectivity index (χ3n) is 6.04. The molecule has 0 aliphatic heterocycles. The van der Waals surface area contributed by atoms with Gasteiger partial charge in [-0.3, -0.25) is 19.2 Å². The van der Waals surface area contributed by atoms with E-state index in [1.807, 2.05) is 0 Å². The van der Waals surface area contributed by atoms with E-state index >= 15 is 0 Å². The molecule has 2 aromatic rings. The highest BCUT2D eigenvalue weighted by Crippen LogP contribution is 2.11. The molecule has 0 radical (unpaired) electrons. The summed E-state index contributed by atoms with van der Waals surface area (Å²) < 4.78 is 27.9. The van der Waals surface area contributed by atoms with Crippen LogP contribution in [0.25, 0.3) is 0 Å². The molecule has 0 aromatic heterocycles. The highest BCUT2D eigenvalue weighted by molar-refractivity contribution is 7.89. The third-order valence-corrected chi connectivity index (χ3v) is 7.52. The van der Waals surface area contributed by atoms with E-state index in [0.29, 0.717) is 0 Å². The average molecular weight is 606 g/mol. The Bertz CT molecular complexity index is 1300. The number of hydrogen-bond donors (Lipinski definition) is 7. The van der Waals surface area contributed by atoms with Crippen LogP contribution >= 0.6 is 0 Å². The standard InChI is InChI=1S/C28H39N5O8S/c1-18(2)12-24(28(38)39)33-42(40,41)17-21(13-19-6-4-3-5-7-19)32-26(36)16-30-25(35)15-31-27(37)23(29)14-20-8-10-22(34)11-9-20/h3-11,18,21,23-24,33-34H,12-17,29H2,1-2H3,(H,30,35)(H,31,37)(H,32,36)(H,38,39)/t21-,23-,24-/m0/s1. The van der Waals surface area contributed by atoms with E-state index < -0.39 is 70.7 Å². The van der Waals surface area contributed by atoms with Crippen molar-refractivity contribution in [2.75, 3.05) is 18.8 Å². The minimum atomic E-state index is -4.12.